The second-order valence-electron chi connectivity index (χ2n) is 6.11. The molecule has 7 heteroatoms. The molecule has 2 aromatic rings. The van der Waals surface area contributed by atoms with Crippen LogP contribution >= 0.6 is 0 Å². The molecule has 1 aliphatic heterocycles. The SMILES string of the molecule is COc1ccc(CN2C[C@@H](C(=O)NCCn3ccnc3)CC2=O)cc1. The monoisotopic (exact) mass is 342 g/mol. The van der Waals surface area contributed by atoms with Gasteiger partial charge in [0.15, 0.2) is 0 Å². The highest BCUT2D eigenvalue weighted by atomic mass is 16.5. The summed E-state index contributed by atoms with van der Waals surface area (Å²) in [4.78, 5) is 30.2. The smallest absolute Gasteiger partial charge is 0.225 e. The first-order chi connectivity index (χ1) is 12.2. The summed E-state index contributed by atoms with van der Waals surface area (Å²) in [5.41, 5.74) is 1.02. The molecule has 0 bridgehead atoms. The molecule has 2 amide bonds. The molecule has 1 aromatic carbocycles. The van der Waals surface area contributed by atoms with Crippen molar-refractivity contribution in [2.75, 3.05) is 20.2 Å². The normalized spacial score (nSPS) is 16.9. The standard InChI is InChI=1S/C18H22N4O3/c1-25-16-4-2-14(3-5-16)11-22-12-15(10-17(22)23)18(24)20-7-9-21-8-6-19-13-21/h2-6,8,13,15H,7,9-12H2,1H3,(H,20,24)/t15-/m0/s1. The van der Waals surface area contributed by atoms with Gasteiger partial charge in [-0.05, 0) is 17.7 Å². The lowest BCUT2D eigenvalue weighted by Crippen LogP contribution is -2.34. The van der Waals surface area contributed by atoms with Gasteiger partial charge < -0.3 is 19.5 Å². The van der Waals surface area contributed by atoms with Crippen molar-refractivity contribution in [3.63, 3.8) is 0 Å². The number of carbonyl (C=O) groups is 2. The number of ether oxygens (including phenoxy) is 1. The number of aromatic nitrogens is 2. The number of nitrogens with zero attached hydrogens (tertiary/aromatic N) is 3. The Morgan fingerprint density at radius 3 is 2.84 bits per heavy atom. The highest BCUT2D eigenvalue weighted by Gasteiger charge is 2.33. The maximum atomic E-state index is 12.3. The van der Waals surface area contributed by atoms with Gasteiger partial charge in [-0.2, -0.15) is 0 Å². The molecule has 25 heavy (non-hydrogen) atoms. The van der Waals surface area contributed by atoms with Crippen LogP contribution in [0.2, 0.25) is 0 Å². The fraction of sp³-hybridized carbons (Fsp3) is 0.389. The lowest BCUT2D eigenvalue weighted by molar-refractivity contribution is -0.129. The highest BCUT2D eigenvalue weighted by Crippen LogP contribution is 2.21. The number of carbonyl (C=O) groups excluding carboxylic acids is 2. The first-order valence-corrected chi connectivity index (χ1v) is 8.30. The number of hydrogen-bond acceptors (Lipinski definition) is 4. The van der Waals surface area contributed by atoms with Crippen LogP contribution in [0.3, 0.4) is 0 Å². The summed E-state index contributed by atoms with van der Waals surface area (Å²) >= 11 is 0. The first-order valence-electron chi connectivity index (χ1n) is 8.30. The van der Waals surface area contributed by atoms with Crippen LogP contribution in [0, 0.1) is 5.92 Å². The summed E-state index contributed by atoms with van der Waals surface area (Å²) < 4.78 is 7.03. The Morgan fingerprint density at radius 2 is 2.16 bits per heavy atom. The van der Waals surface area contributed by atoms with E-state index in [1.165, 1.54) is 0 Å². The van der Waals surface area contributed by atoms with Gasteiger partial charge in [-0.1, -0.05) is 12.1 Å². The van der Waals surface area contributed by atoms with Crippen LogP contribution in [0.15, 0.2) is 43.0 Å². The topological polar surface area (TPSA) is 76.5 Å². The Labute approximate surface area is 146 Å². The molecule has 1 saturated heterocycles. The number of benzene rings is 1. The molecule has 0 aliphatic carbocycles. The van der Waals surface area contributed by atoms with Crippen molar-refractivity contribution < 1.29 is 14.3 Å². The van der Waals surface area contributed by atoms with E-state index in [9.17, 15) is 9.59 Å². The predicted octanol–water partition coefficient (Wildman–Crippen LogP) is 1.06. The summed E-state index contributed by atoms with van der Waals surface area (Å²) in [7, 11) is 1.62. The summed E-state index contributed by atoms with van der Waals surface area (Å²) in [6.45, 7) is 2.17. The van der Waals surface area contributed by atoms with E-state index in [4.69, 9.17) is 4.74 Å². The number of nitrogens with one attached hydrogen (secondary N) is 1. The fourth-order valence-electron chi connectivity index (χ4n) is 2.92. The molecule has 0 radical (unpaired) electrons. The third-order valence-electron chi connectivity index (χ3n) is 4.35. The lowest BCUT2D eigenvalue weighted by Gasteiger charge is -2.17. The Hall–Kier alpha value is -2.83. The average Bonchev–Trinajstić information content (AvgIpc) is 3.26. The van der Waals surface area contributed by atoms with Gasteiger partial charge in [0.1, 0.15) is 5.75 Å². The first kappa shape index (κ1) is 17.0. The third kappa shape index (κ3) is 4.37. The van der Waals surface area contributed by atoms with Gasteiger partial charge in [-0.3, -0.25) is 9.59 Å². The summed E-state index contributed by atoms with van der Waals surface area (Å²) in [5, 5.41) is 2.90. The molecule has 3 rings (SSSR count). The number of amides is 2. The van der Waals surface area contributed by atoms with Crippen molar-refractivity contribution in [1.82, 2.24) is 19.8 Å². The second kappa shape index (κ2) is 7.83. The molecule has 0 saturated carbocycles. The van der Waals surface area contributed by atoms with Gasteiger partial charge in [-0.25, -0.2) is 4.98 Å². The van der Waals surface area contributed by atoms with E-state index in [0.717, 1.165) is 11.3 Å². The summed E-state index contributed by atoms with van der Waals surface area (Å²) in [6.07, 6.45) is 5.53. The molecule has 2 heterocycles. The molecule has 1 N–H and O–H groups in total. The van der Waals surface area contributed by atoms with Gasteiger partial charge in [-0.15, -0.1) is 0 Å². The zero-order valence-corrected chi connectivity index (χ0v) is 14.2. The minimum atomic E-state index is -0.284. The van der Waals surface area contributed by atoms with Gasteiger partial charge in [0.05, 0.1) is 19.4 Å². The summed E-state index contributed by atoms with van der Waals surface area (Å²) in [6, 6.07) is 7.61. The van der Waals surface area contributed by atoms with Crippen molar-refractivity contribution in [2.24, 2.45) is 5.92 Å². The van der Waals surface area contributed by atoms with Crippen LogP contribution in [0.1, 0.15) is 12.0 Å². The van der Waals surface area contributed by atoms with Crippen LogP contribution in [0.5, 0.6) is 5.75 Å². The third-order valence-corrected chi connectivity index (χ3v) is 4.35. The number of imidazole rings is 1. The maximum Gasteiger partial charge on any atom is 0.225 e. The largest absolute Gasteiger partial charge is 0.497 e. The van der Waals surface area contributed by atoms with Crippen LogP contribution in [0.4, 0.5) is 0 Å². The molecular weight excluding hydrogens is 320 g/mol. The minimum Gasteiger partial charge on any atom is -0.497 e. The number of hydrogen-bond donors (Lipinski definition) is 1. The molecule has 1 aliphatic rings. The van der Waals surface area contributed by atoms with E-state index in [-0.39, 0.29) is 24.2 Å². The van der Waals surface area contributed by atoms with E-state index >= 15 is 0 Å². The number of rotatable bonds is 7. The lowest BCUT2D eigenvalue weighted by atomic mass is 10.1. The van der Waals surface area contributed by atoms with Crippen LogP contribution in [0.25, 0.3) is 0 Å². The van der Waals surface area contributed by atoms with Gasteiger partial charge in [0.25, 0.3) is 0 Å². The molecule has 132 valence electrons. The Balaban J connectivity index is 1.48. The molecular formula is C18H22N4O3. The molecule has 0 unspecified atom stereocenters. The second-order valence-corrected chi connectivity index (χ2v) is 6.11. The van der Waals surface area contributed by atoms with E-state index in [2.05, 4.69) is 10.3 Å². The number of methoxy groups -OCH3 is 1. The molecule has 7 nitrogen and oxygen atoms in total. The van der Waals surface area contributed by atoms with Gasteiger partial charge >= 0.3 is 0 Å². The zero-order valence-electron chi connectivity index (χ0n) is 14.2. The van der Waals surface area contributed by atoms with Crippen LogP contribution < -0.4 is 10.1 Å². The van der Waals surface area contributed by atoms with E-state index in [1.54, 1.807) is 24.5 Å². The molecule has 0 spiro atoms. The van der Waals surface area contributed by atoms with Gasteiger partial charge in [0, 0.05) is 45.0 Å². The predicted molar refractivity (Wildman–Crippen MR) is 91.8 cm³/mol. The Bertz CT molecular complexity index is 712. The quantitative estimate of drug-likeness (QED) is 0.816. The van der Waals surface area contributed by atoms with Crippen LogP contribution in [-0.2, 0) is 22.7 Å². The van der Waals surface area contributed by atoms with Crippen molar-refractivity contribution in [1.29, 1.82) is 0 Å². The maximum absolute atomic E-state index is 12.3. The van der Waals surface area contributed by atoms with Gasteiger partial charge in [0.2, 0.25) is 11.8 Å². The molecule has 1 aromatic heterocycles. The van der Waals surface area contributed by atoms with E-state index in [0.29, 0.717) is 26.2 Å². The van der Waals surface area contributed by atoms with E-state index < -0.39 is 0 Å². The van der Waals surface area contributed by atoms with Crippen molar-refractivity contribution in [2.45, 2.75) is 19.5 Å². The van der Waals surface area contributed by atoms with Crippen molar-refractivity contribution in [3.05, 3.63) is 48.5 Å². The van der Waals surface area contributed by atoms with Crippen LogP contribution in [-0.4, -0.2) is 46.5 Å². The average molecular weight is 342 g/mol. The minimum absolute atomic E-state index is 0.0191. The molecule has 1 fully saturated rings. The number of likely N-dealkylation sites (tertiary alicyclic amines) is 1. The zero-order chi connectivity index (χ0) is 17.6. The highest BCUT2D eigenvalue weighted by molar-refractivity contribution is 5.89. The van der Waals surface area contributed by atoms with E-state index in [1.807, 2.05) is 35.0 Å². The fourth-order valence-corrected chi connectivity index (χ4v) is 2.92. The Morgan fingerprint density at radius 1 is 1.36 bits per heavy atom. The molecule has 1 atom stereocenters. The van der Waals surface area contributed by atoms with Crippen molar-refractivity contribution >= 4 is 11.8 Å². The Kier molecular flexibility index (Phi) is 5.33. The van der Waals surface area contributed by atoms with Crippen molar-refractivity contribution in [3.8, 4) is 5.75 Å². The summed E-state index contributed by atoms with van der Waals surface area (Å²) in [5.74, 6) is 0.455.